The minimum absolute atomic E-state index is 0.185. The first kappa shape index (κ1) is 13.1. The summed E-state index contributed by atoms with van der Waals surface area (Å²) in [5.41, 5.74) is 6.01. The molecule has 0 bridgehead atoms. The molecule has 0 aromatic heterocycles. The van der Waals surface area contributed by atoms with Crippen molar-refractivity contribution in [3.8, 4) is 5.75 Å². The zero-order valence-corrected chi connectivity index (χ0v) is 9.82. The molecular formula is C9H12N2O5S. The number of aliphatic carboxylic acids is 1. The number of sulfonamides is 1. The average molecular weight is 260 g/mol. The van der Waals surface area contributed by atoms with Crippen molar-refractivity contribution in [1.29, 1.82) is 0 Å². The van der Waals surface area contributed by atoms with Crippen molar-refractivity contribution in [3.05, 3.63) is 18.2 Å². The maximum Gasteiger partial charge on any atom is 0.320 e. The molecule has 94 valence electrons. The fraction of sp³-hybridized carbons (Fsp3) is 0.222. The number of hydrogen-bond donors (Lipinski definition) is 3. The number of hydrogen-bond acceptors (Lipinski definition) is 5. The molecule has 8 heteroatoms. The largest absolute Gasteiger partial charge is 0.495 e. The zero-order valence-electron chi connectivity index (χ0n) is 9.00. The third-order valence-corrected chi connectivity index (χ3v) is 2.99. The summed E-state index contributed by atoms with van der Waals surface area (Å²) in [6.07, 6.45) is 0. The number of nitrogen functional groups attached to an aromatic ring is 1. The molecule has 0 spiro atoms. The predicted molar refractivity (Wildman–Crippen MR) is 62.5 cm³/mol. The van der Waals surface area contributed by atoms with Gasteiger partial charge in [-0.25, -0.2) is 8.42 Å². The van der Waals surface area contributed by atoms with E-state index in [4.69, 9.17) is 15.6 Å². The Kier molecular flexibility index (Phi) is 3.79. The SMILES string of the molecule is COc1ccc(NS(=O)(=O)CC(=O)O)cc1N. The van der Waals surface area contributed by atoms with Gasteiger partial charge < -0.3 is 15.6 Å². The van der Waals surface area contributed by atoms with E-state index in [1.165, 1.54) is 25.3 Å². The summed E-state index contributed by atoms with van der Waals surface area (Å²) in [4.78, 5) is 10.3. The number of anilines is 2. The quantitative estimate of drug-likeness (QED) is 0.646. The summed E-state index contributed by atoms with van der Waals surface area (Å²) in [5.74, 6) is -2.02. The molecule has 0 aliphatic rings. The van der Waals surface area contributed by atoms with Crippen LogP contribution >= 0.6 is 0 Å². The first-order chi connectivity index (χ1) is 7.84. The van der Waals surface area contributed by atoms with Crippen LogP contribution in [0.1, 0.15) is 0 Å². The van der Waals surface area contributed by atoms with Gasteiger partial charge in [-0.2, -0.15) is 0 Å². The Morgan fingerprint density at radius 2 is 2.18 bits per heavy atom. The Morgan fingerprint density at radius 3 is 2.65 bits per heavy atom. The number of carbonyl (C=O) groups is 1. The summed E-state index contributed by atoms with van der Waals surface area (Å²) in [7, 11) is -2.49. The predicted octanol–water partition coefficient (Wildman–Crippen LogP) is 0.104. The van der Waals surface area contributed by atoms with Crippen LogP contribution in [0.4, 0.5) is 11.4 Å². The van der Waals surface area contributed by atoms with Crippen LogP contribution in [0.3, 0.4) is 0 Å². The fourth-order valence-corrected chi connectivity index (χ4v) is 2.06. The molecule has 0 fully saturated rings. The molecule has 1 aromatic carbocycles. The summed E-state index contributed by atoms with van der Waals surface area (Å²) >= 11 is 0. The van der Waals surface area contributed by atoms with E-state index in [9.17, 15) is 13.2 Å². The monoisotopic (exact) mass is 260 g/mol. The minimum atomic E-state index is -3.92. The minimum Gasteiger partial charge on any atom is -0.495 e. The second-order valence-corrected chi connectivity index (χ2v) is 4.93. The first-order valence-corrected chi connectivity index (χ1v) is 6.15. The van der Waals surface area contributed by atoms with Gasteiger partial charge in [0.15, 0.2) is 5.75 Å². The topological polar surface area (TPSA) is 119 Å². The molecule has 0 amide bonds. The molecule has 0 saturated heterocycles. The molecule has 0 radical (unpaired) electrons. The van der Waals surface area contributed by atoms with Crippen LogP contribution in [0.25, 0.3) is 0 Å². The van der Waals surface area contributed by atoms with Gasteiger partial charge in [0, 0.05) is 0 Å². The molecular weight excluding hydrogens is 248 g/mol. The highest BCUT2D eigenvalue weighted by molar-refractivity contribution is 7.93. The van der Waals surface area contributed by atoms with Crippen LogP contribution in [-0.2, 0) is 14.8 Å². The maximum absolute atomic E-state index is 11.3. The summed E-state index contributed by atoms with van der Waals surface area (Å²) in [6.45, 7) is 0. The average Bonchev–Trinajstić information content (AvgIpc) is 2.14. The number of ether oxygens (including phenoxy) is 1. The van der Waals surface area contributed by atoms with Crippen molar-refractivity contribution < 1.29 is 23.1 Å². The number of carboxylic acids is 1. The lowest BCUT2D eigenvalue weighted by molar-refractivity contribution is -0.134. The number of nitrogens with two attached hydrogens (primary N) is 1. The van der Waals surface area contributed by atoms with E-state index in [1.54, 1.807) is 0 Å². The van der Waals surface area contributed by atoms with E-state index in [1.807, 2.05) is 0 Å². The van der Waals surface area contributed by atoms with Crippen molar-refractivity contribution in [2.24, 2.45) is 0 Å². The molecule has 0 heterocycles. The van der Waals surface area contributed by atoms with Gasteiger partial charge in [0.25, 0.3) is 0 Å². The highest BCUT2D eigenvalue weighted by Crippen LogP contribution is 2.25. The Morgan fingerprint density at radius 1 is 1.53 bits per heavy atom. The van der Waals surface area contributed by atoms with Crippen molar-refractivity contribution >= 4 is 27.4 Å². The first-order valence-electron chi connectivity index (χ1n) is 4.50. The van der Waals surface area contributed by atoms with E-state index in [2.05, 4.69) is 4.72 Å². The van der Waals surface area contributed by atoms with E-state index in [-0.39, 0.29) is 11.4 Å². The van der Waals surface area contributed by atoms with Gasteiger partial charge in [0.05, 0.1) is 18.5 Å². The van der Waals surface area contributed by atoms with Crippen LogP contribution in [-0.4, -0.2) is 32.4 Å². The fourth-order valence-electron chi connectivity index (χ4n) is 1.18. The Labute approximate surface area is 98.2 Å². The van der Waals surface area contributed by atoms with Gasteiger partial charge >= 0.3 is 5.97 Å². The lowest BCUT2D eigenvalue weighted by Gasteiger charge is -2.09. The van der Waals surface area contributed by atoms with Gasteiger partial charge in [-0.15, -0.1) is 0 Å². The molecule has 0 aliphatic heterocycles. The van der Waals surface area contributed by atoms with Crippen molar-refractivity contribution in [1.82, 2.24) is 0 Å². The van der Waals surface area contributed by atoms with Crippen LogP contribution in [0.15, 0.2) is 18.2 Å². The molecule has 0 saturated carbocycles. The Balaban J connectivity index is 2.89. The number of carboxylic acid groups (broad SMARTS) is 1. The van der Waals surface area contributed by atoms with Crippen molar-refractivity contribution in [3.63, 3.8) is 0 Å². The Bertz CT molecular complexity index is 526. The third kappa shape index (κ3) is 3.83. The zero-order chi connectivity index (χ0) is 13.1. The Hall–Kier alpha value is -1.96. The molecule has 1 rings (SSSR count). The number of methoxy groups -OCH3 is 1. The van der Waals surface area contributed by atoms with Crippen LogP contribution < -0.4 is 15.2 Å². The molecule has 0 aliphatic carbocycles. The molecule has 0 unspecified atom stereocenters. The molecule has 4 N–H and O–H groups in total. The van der Waals surface area contributed by atoms with Gasteiger partial charge in [-0.1, -0.05) is 0 Å². The van der Waals surface area contributed by atoms with E-state index >= 15 is 0 Å². The second kappa shape index (κ2) is 4.91. The van der Waals surface area contributed by atoms with Gasteiger partial charge in [-0.3, -0.25) is 9.52 Å². The highest BCUT2D eigenvalue weighted by atomic mass is 32.2. The van der Waals surface area contributed by atoms with E-state index in [0.29, 0.717) is 5.75 Å². The van der Waals surface area contributed by atoms with E-state index in [0.717, 1.165) is 0 Å². The van der Waals surface area contributed by atoms with E-state index < -0.39 is 21.7 Å². The molecule has 17 heavy (non-hydrogen) atoms. The summed E-state index contributed by atoms with van der Waals surface area (Å²) in [6, 6.07) is 4.25. The smallest absolute Gasteiger partial charge is 0.320 e. The van der Waals surface area contributed by atoms with Crippen molar-refractivity contribution in [2.45, 2.75) is 0 Å². The molecule has 7 nitrogen and oxygen atoms in total. The molecule has 1 aromatic rings. The summed E-state index contributed by atoms with van der Waals surface area (Å²) < 4.78 is 29.6. The normalized spacial score (nSPS) is 10.9. The van der Waals surface area contributed by atoms with Gasteiger partial charge in [0.2, 0.25) is 10.0 Å². The number of nitrogens with one attached hydrogen (secondary N) is 1. The number of rotatable bonds is 5. The third-order valence-electron chi connectivity index (χ3n) is 1.82. The lowest BCUT2D eigenvalue weighted by atomic mass is 10.2. The van der Waals surface area contributed by atoms with Crippen LogP contribution in [0.5, 0.6) is 5.75 Å². The second-order valence-electron chi connectivity index (χ2n) is 3.21. The highest BCUT2D eigenvalue weighted by Gasteiger charge is 2.15. The standard InChI is InChI=1S/C9H12N2O5S/c1-16-8-3-2-6(4-7(8)10)11-17(14,15)5-9(12)13/h2-4,11H,5,10H2,1H3,(H,12,13). The van der Waals surface area contributed by atoms with Crippen LogP contribution in [0.2, 0.25) is 0 Å². The molecule has 0 atom stereocenters. The van der Waals surface area contributed by atoms with Gasteiger partial charge in [0.1, 0.15) is 5.75 Å². The number of benzene rings is 1. The van der Waals surface area contributed by atoms with Crippen molar-refractivity contribution in [2.75, 3.05) is 23.3 Å². The van der Waals surface area contributed by atoms with Gasteiger partial charge in [-0.05, 0) is 18.2 Å². The lowest BCUT2D eigenvalue weighted by Crippen LogP contribution is -2.22. The maximum atomic E-state index is 11.3. The summed E-state index contributed by atoms with van der Waals surface area (Å²) in [5, 5.41) is 8.40. The van der Waals surface area contributed by atoms with Crippen LogP contribution in [0, 0.1) is 0 Å².